The molecular weight excluding hydrogens is 520 g/mol. The molecule has 1 amide bonds. The molecule has 2 aliphatic carbocycles. The molecule has 2 aliphatic rings. The summed E-state index contributed by atoms with van der Waals surface area (Å²) in [6.45, 7) is 2.28. The number of rotatable bonds is 8. The first kappa shape index (κ1) is 26.5. The molecule has 3 aromatic carbocycles. The first-order valence-corrected chi connectivity index (χ1v) is 15.3. The summed E-state index contributed by atoms with van der Waals surface area (Å²) < 4.78 is 31.4. The number of aryl methyl sites for hydroxylation is 3. The van der Waals surface area contributed by atoms with Crippen LogP contribution in [0.25, 0.3) is 0 Å². The fourth-order valence-electron chi connectivity index (χ4n) is 5.77. The SMILES string of the molecule is Cc1ccc(S(=O)(=O)N[C@H]2CCCc3ccc(N(Cc4nccn4C)C(=O)[C@H]4C[C@@H]4c4ccccc4)cc32)cc1. The number of hydrogen-bond donors (Lipinski definition) is 1. The lowest BCUT2D eigenvalue weighted by atomic mass is 9.87. The van der Waals surface area contributed by atoms with E-state index in [4.69, 9.17) is 0 Å². The first-order chi connectivity index (χ1) is 19.3. The molecule has 4 aromatic rings. The Morgan fingerprint density at radius 2 is 1.85 bits per heavy atom. The van der Waals surface area contributed by atoms with Gasteiger partial charge in [-0.15, -0.1) is 0 Å². The van der Waals surface area contributed by atoms with Crippen molar-refractivity contribution < 1.29 is 13.2 Å². The number of amides is 1. The maximum atomic E-state index is 14.0. The van der Waals surface area contributed by atoms with Gasteiger partial charge in [-0.3, -0.25) is 4.79 Å². The summed E-state index contributed by atoms with van der Waals surface area (Å²) >= 11 is 0. The average Bonchev–Trinajstić information content (AvgIpc) is 3.66. The summed E-state index contributed by atoms with van der Waals surface area (Å²) in [6.07, 6.45) is 6.92. The van der Waals surface area contributed by atoms with Gasteiger partial charge in [0.25, 0.3) is 0 Å². The van der Waals surface area contributed by atoms with Crippen molar-refractivity contribution in [1.29, 1.82) is 0 Å². The van der Waals surface area contributed by atoms with Crippen LogP contribution in [0.15, 0.2) is 90.1 Å². The molecule has 0 radical (unpaired) electrons. The van der Waals surface area contributed by atoms with E-state index < -0.39 is 10.0 Å². The normalized spacial score (nSPS) is 20.1. The third-order valence-corrected chi connectivity index (χ3v) is 9.69. The third-order valence-electron chi connectivity index (χ3n) is 8.21. The van der Waals surface area contributed by atoms with Crippen molar-refractivity contribution in [3.8, 4) is 0 Å². The molecule has 0 aliphatic heterocycles. The molecule has 1 N–H and O–H groups in total. The van der Waals surface area contributed by atoms with Crippen LogP contribution in [-0.4, -0.2) is 23.9 Å². The lowest BCUT2D eigenvalue weighted by Gasteiger charge is -2.29. The number of aromatic nitrogens is 2. The van der Waals surface area contributed by atoms with Gasteiger partial charge in [-0.1, -0.05) is 54.1 Å². The van der Waals surface area contributed by atoms with Crippen LogP contribution in [-0.2, 0) is 34.8 Å². The first-order valence-electron chi connectivity index (χ1n) is 13.8. The second-order valence-electron chi connectivity index (χ2n) is 11.0. The lowest BCUT2D eigenvalue weighted by Crippen LogP contribution is -2.34. The van der Waals surface area contributed by atoms with Gasteiger partial charge >= 0.3 is 0 Å². The van der Waals surface area contributed by atoms with Gasteiger partial charge in [0.15, 0.2) is 0 Å². The van der Waals surface area contributed by atoms with Crippen molar-refractivity contribution in [3.63, 3.8) is 0 Å². The van der Waals surface area contributed by atoms with Crippen LogP contribution >= 0.6 is 0 Å². The molecular formula is C32H34N4O3S. The highest BCUT2D eigenvalue weighted by Gasteiger charge is 2.46. The van der Waals surface area contributed by atoms with Gasteiger partial charge in [0.05, 0.1) is 11.4 Å². The quantitative estimate of drug-likeness (QED) is 0.315. The Hall–Kier alpha value is -3.75. The summed E-state index contributed by atoms with van der Waals surface area (Å²) in [5, 5.41) is 0. The number of sulfonamides is 1. The highest BCUT2D eigenvalue weighted by molar-refractivity contribution is 7.89. The standard InChI is InChI=1S/C32H34N4O3S/c1-22-11-15-26(16-12-22)40(38,39)34-30-10-6-9-24-13-14-25(19-28(24)30)36(21-31-33-17-18-35(31)2)32(37)29-20-27(29)23-7-4-3-5-8-23/h3-5,7-8,11-19,27,29-30,34H,6,9-10,20-21H2,1-2H3/t27-,29+,30+/m1/s1. The van der Waals surface area contributed by atoms with Gasteiger partial charge in [-0.2, -0.15) is 0 Å². The van der Waals surface area contributed by atoms with Crippen molar-refractivity contribution in [2.75, 3.05) is 4.90 Å². The highest BCUT2D eigenvalue weighted by Crippen LogP contribution is 2.49. The largest absolute Gasteiger partial charge is 0.337 e. The summed E-state index contributed by atoms with van der Waals surface area (Å²) in [5.74, 6) is 0.989. The molecule has 0 spiro atoms. The molecule has 0 bridgehead atoms. The molecule has 0 saturated heterocycles. The second-order valence-corrected chi connectivity index (χ2v) is 12.7. The van der Waals surface area contributed by atoms with Gasteiger partial charge < -0.3 is 9.47 Å². The van der Waals surface area contributed by atoms with E-state index in [1.54, 1.807) is 18.3 Å². The number of nitrogens with zero attached hydrogens (tertiary/aromatic N) is 3. The smallest absolute Gasteiger partial charge is 0.241 e. The summed E-state index contributed by atoms with van der Waals surface area (Å²) in [5.41, 5.74) is 5.02. The van der Waals surface area contributed by atoms with Crippen LogP contribution in [0.3, 0.4) is 0 Å². The molecule has 1 fully saturated rings. The number of nitrogens with one attached hydrogen (secondary N) is 1. The molecule has 1 aromatic heterocycles. The van der Waals surface area contributed by atoms with Crippen LogP contribution < -0.4 is 9.62 Å². The Balaban J connectivity index is 1.31. The summed E-state index contributed by atoms with van der Waals surface area (Å²) in [4.78, 5) is 20.6. The zero-order valence-electron chi connectivity index (χ0n) is 22.8. The molecule has 7 nitrogen and oxygen atoms in total. The molecule has 1 saturated carbocycles. The number of benzene rings is 3. The van der Waals surface area contributed by atoms with Crippen molar-refractivity contribution >= 4 is 21.6 Å². The van der Waals surface area contributed by atoms with Gasteiger partial charge in [-0.05, 0) is 79.5 Å². The molecule has 40 heavy (non-hydrogen) atoms. The van der Waals surface area contributed by atoms with Crippen LogP contribution in [0.5, 0.6) is 0 Å². The van der Waals surface area contributed by atoms with Gasteiger partial charge in [-0.25, -0.2) is 18.1 Å². The predicted molar refractivity (Wildman–Crippen MR) is 155 cm³/mol. The zero-order valence-corrected chi connectivity index (χ0v) is 23.6. The number of imidazole rings is 1. The van der Waals surface area contributed by atoms with Gasteiger partial charge in [0.1, 0.15) is 5.82 Å². The molecule has 8 heteroatoms. The van der Waals surface area contributed by atoms with E-state index in [-0.39, 0.29) is 28.7 Å². The number of anilines is 1. The summed E-state index contributed by atoms with van der Waals surface area (Å²) in [6, 6.07) is 22.8. The lowest BCUT2D eigenvalue weighted by molar-refractivity contribution is -0.120. The maximum absolute atomic E-state index is 14.0. The van der Waals surface area contributed by atoms with Crippen LogP contribution in [0, 0.1) is 12.8 Å². The van der Waals surface area contributed by atoms with Crippen molar-refractivity contribution in [2.24, 2.45) is 13.0 Å². The Morgan fingerprint density at radius 1 is 1.07 bits per heavy atom. The van der Waals surface area contributed by atoms with Crippen molar-refractivity contribution in [3.05, 3.63) is 113 Å². The fourth-order valence-corrected chi connectivity index (χ4v) is 7.02. The third kappa shape index (κ3) is 5.33. The van der Waals surface area contributed by atoms with E-state index in [2.05, 4.69) is 27.9 Å². The van der Waals surface area contributed by atoms with E-state index in [1.165, 1.54) is 5.56 Å². The van der Waals surface area contributed by atoms with E-state index in [9.17, 15) is 13.2 Å². The average molecular weight is 555 g/mol. The highest BCUT2D eigenvalue weighted by atomic mass is 32.2. The Bertz CT molecular complexity index is 1630. The Morgan fingerprint density at radius 3 is 2.58 bits per heavy atom. The van der Waals surface area contributed by atoms with Gasteiger partial charge in [0, 0.05) is 37.1 Å². The van der Waals surface area contributed by atoms with E-state index >= 15 is 0 Å². The minimum absolute atomic E-state index is 0.0735. The van der Waals surface area contributed by atoms with Crippen molar-refractivity contribution in [2.45, 2.75) is 56.0 Å². The number of carbonyl (C=O) groups is 1. The Labute approximate surface area is 235 Å². The number of hydrogen-bond acceptors (Lipinski definition) is 4. The molecule has 6 rings (SSSR count). The molecule has 3 atom stereocenters. The topological polar surface area (TPSA) is 84.3 Å². The van der Waals surface area contributed by atoms with Crippen LogP contribution in [0.1, 0.15) is 59.3 Å². The van der Waals surface area contributed by atoms with Gasteiger partial charge in [0.2, 0.25) is 15.9 Å². The number of carbonyl (C=O) groups excluding carboxylic acids is 1. The van der Waals surface area contributed by atoms with E-state index in [0.29, 0.717) is 13.0 Å². The minimum atomic E-state index is -3.70. The van der Waals surface area contributed by atoms with Crippen molar-refractivity contribution in [1.82, 2.24) is 14.3 Å². The Kier molecular flexibility index (Phi) is 7.06. The minimum Gasteiger partial charge on any atom is -0.337 e. The zero-order chi connectivity index (χ0) is 27.9. The van der Waals surface area contributed by atoms with E-state index in [0.717, 1.165) is 47.5 Å². The van der Waals surface area contributed by atoms with E-state index in [1.807, 2.05) is 72.1 Å². The second kappa shape index (κ2) is 10.7. The van der Waals surface area contributed by atoms with Crippen LogP contribution in [0.4, 0.5) is 5.69 Å². The molecule has 0 unspecified atom stereocenters. The predicted octanol–water partition coefficient (Wildman–Crippen LogP) is 5.42. The number of fused-ring (bicyclic) bond motifs is 1. The monoisotopic (exact) mass is 554 g/mol. The fraction of sp³-hybridized carbons (Fsp3) is 0.312. The maximum Gasteiger partial charge on any atom is 0.241 e. The molecule has 1 heterocycles. The van der Waals surface area contributed by atoms with Crippen LogP contribution in [0.2, 0.25) is 0 Å². The summed E-state index contributed by atoms with van der Waals surface area (Å²) in [7, 11) is -1.77. The molecule has 206 valence electrons.